The number of amides is 1. The van der Waals surface area contributed by atoms with Crippen LogP contribution in [-0.2, 0) is 17.7 Å². The van der Waals surface area contributed by atoms with Crippen molar-refractivity contribution in [2.75, 3.05) is 7.11 Å². The number of carbonyl (C=O) groups is 1. The molecular weight excluding hydrogens is 330 g/mol. The summed E-state index contributed by atoms with van der Waals surface area (Å²) in [7, 11) is 1.61. The number of rotatable bonds is 7. The summed E-state index contributed by atoms with van der Waals surface area (Å²) in [6.45, 7) is 14.5. The van der Waals surface area contributed by atoms with Crippen molar-refractivity contribution in [1.82, 2.24) is 25.3 Å². The average Bonchev–Trinajstić information content (AvgIpc) is 3.33. The Bertz CT molecular complexity index is 621. The molecule has 2 unspecified atom stereocenters. The molecule has 2 rings (SSSR count). The van der Waals surface area contributed by atoms with E-state index in [0.29, 0.717) is 12.2 Å². The van der Waals surface area contributed by atoms with Gasteiger partial charge in [-0.15, -0.1) is 0 Å². The second-order valence-electron chi connectivity index (χ2n) is 5.39. The minimum atomic E-state index is -0.207. The van der Waals surface area contributed by atoms with Gasteiger partial charge in [-0.1, -0.05) is 34.6 Å². The molecular formula is C19H35N5O2. The minimum absolute atomic E-state index is 0.0443. The average molecular weight is 366 g/mol. The lowest BCUT2D eigenvalue weighted by Crippen LogP contribution is -2.36. The van der Waals surface area contributed by atoms with Gasteiger partial charge in [-0.25, -0.2) is 0 Å². The zero-order valence-electron chi connectivity index (χ0n) is 17.5. The van der Waals surface area contributed by atoms with Crippen molar-refractivity contribution in [3.63, 3.8) is 0 Å². The molecule has 0 aliphatic carbocycles. The van der Waals surface area contributed by atoms with Crippen LogP contribution in [0.15, 0.2) is 18.5 Å². The number of carbonyl (C=O) groups excluding carboxylic acids is 1. The number of aromatic nitrogens is 4. The van der Waals surface area contributed by atoms with Gasteiger partial charge in [-0.05, 0) is 31.9 Å². The van der Waals surface area contributed by atoms with E-state index >= 15 is 0 Å². The fourth-order valence-electron chi connectivity index (χ4n) is 2.10. The second-order valence-corrected chi connectivity index (χ2v) is 5.39. The number of ether oxygens (including phenoxy) is 1. The van der Waals surface area contributed by atoms with Gasteiger partial charge in [0.15, 0.2) is 0 Å². The molecule has 0 fully saturated rings. The van der Waals surface area contributed by atoms with Crippen molar-refractivity contribution in [2.24, 2.45) is 0 Å². The van der Waals surface area contributed by atoms with E-state index in [-0.39, 0.29) is 18.1 Å². The highest BCUT2D eigenvalue weighted by molar-refractivity contribution is 5.92. The molecule has 0 aliphatic rings. The predicted octanol–water partition coefficient (Wildman–Crippen LogP) is 3.75. The summed E-state index contributed by atoms with van der Waals surface area (Å²) in [6.07, 6.45) is 4.67. The number of methoxy groups -OCH3 is 1. The van der Waals surface area contributed by atoms with Crippen molar-refractivity contribution in [2.45, 2.75) is 73.6 Å². The van der Waals surface area contributed by atoms with Gasteiger partial charge in [0.1, 0.15) is 5.69 Å². The van der Waals surface area contributed by atoms with E-state index in [9.17, 15) is 4.79 Å². The van der Waals surface area contributed by atoms with Crippen LogP contribution in [0.5, 0.6) is 0 Å². The molecule has 2 heterocycles. The molecule has 0 aromatic carbocycles. The standard InChI is InChI=1S/C15H23N5O2.2C2H6/c1-5-12-7-16-20(9-12)8-10(2)17-15(21)14-6-13(18-19-14)11(3)22-4;2*1-2/h6-7,9-11H,5,8H2,1-4H3,(H,17,21)(H,18,19);2*1-2H3. The van der Waals surface area contributed by atoms with Gasteiger partial charge in [0.25, 0.3) is 5.91 Å². The quantitative estimate of drug-likeness (QED) is 0.782. The first-order valence-corrected chi connectivity index (χ1v) is 9.43. The van der Waals surface area contributed by atoms with E-state index < -0.39 is 0 Å². The number of aromatic amines is 1. The molecule has 7 heteroatoms. The number of nitrogens with zero attached hydrogens (tertiary/aromatic N) is 3. The Labute approximate surface area is 157 Å². The van der Waals surface area contributed by atoms with Crippen LogP contribution in [0.4, 0.5) is 0 Å². The summed E-state index contributed by atoms with van der Waals surface area (Å²) in [5.74, 6) is -0.207. The highest BCUT2D eigenvalue weighted by atomic mass is 16.5. The smallest absolute Gasteiger partial charge is 0.272 e. The molecule has 26 heavy (non-hydrogen) atoms. The molecule has 2 N–H and O–H groups in total. The first-order valence-electron chi connectivity index (χ1n) is 9.43. The Balaban J connectivity index is 0.00000146. The third-order valence-electron chi connectivity index (χ3n) is 3.56. The molecule has 0 saturated heterocycles. The van der Waals surface area contributed by atoms with E-state index in [4.69, 9.17) is 4.74 Å². The molecule has 2 aromatic rings. The Hall–Kier alpha value is -2.15. The zero-order chi connectivity index (χ0) is 20.1. The number of H-pyrrole nitrogens is 1. The maximum Gasteiger partial charge on any atom is 0.272 e. The van der Waals surface area contributed by atoms with Crippen LogP contribution in [0.2, 0.25) is 0 Å². The van der Waals surface area contributed by atoms with Gasteiger partial charge in [0.05, 0.1) is 24.5 Å². The predicted molar refractivity (Wildman–Crippen MR) is 105 cm³/mol. The van der Waals surface area contributed by atoms with Gasteiger partial charge in [0, 0.05) is 19.3 Å². The number of nitrogens with one attached hydrogen (secondary N) is 2. The third kappa shape index (κ3) is 7.39. The summed E-state index contributed by atoms with van der Waals surface area (Å²) < 4.78 is 7.03. The minimum Gasteiger partial charge on any atom is -0.375 e. The lowest BCUT2D eigenvalue weighted by atomic mass is 10.2. The maximum atomic E-state index is 12.2. The summed E-state index contributed by atoms with van der Waals surface area (Å²) in [5, 5.41) is 14.0. The Morgan fingerprint density at radius 2 is 1.96 bits per heavy atom. The van der Waals surface area contributed by atoms with Gasteiger partial charge < -0.3 is 10.1 Å². The van der Waals surface area contributed by atoms with Crippen LogP contribution >= 0.6 is 0 Å². The third-order valence-corrected chi connectivity index (χ3v) is 3.56. The molecule has 1 amide bonds. The fourth-order valence-corrected chi connectivity index (χ4v) is 2.10. The molecule has 0 aliphatic heterocycles. The van der Waals surface area contributed by atoms with E-state index in [2.05, 4.69) is 27.5 Å². The van der Waals surface area contributed by atoms with Crippen LogP contribution in [-0.4, -0.2) is 39.0 Å². The highest BCUT2D eigenvalue weighted by Crippen LogP contribution is 2.13. The maximum absolute atomic E-state index is 12.2. The summed E-state index contributed by atoms with van der Waals surface area (Å²) >= 11 is 0. The van der Waals surface area contributed by atoms with Gasteiger partial charge in [-0.2, -0.15) is 10.2 Å². The summed E-state index contributed by atoms with van der Waals surface area (Å²) in [6, 6.07) is 1.66. The second kappa shape index (κ2) is 13.1. The fraction of sp³-hybridized carbons (Fsp3) is 0.632. The molecule has 148 valence electrons. The molecule has 0 radical (unpaired) electrons. The van der Waals surface area contributed by atoms with Crippen molar-refractivity contribution < 1.29 is 9.53 Å². The summed E-state index contributed by atoms with van der Waals surface area (Å²) in [4.78, 5) is 12.2. The Kier molecular flexibility index (Phi) is 12.0. The van der Waals surface area contributed by atoms with Gasteiger partial charge in [0.2, 0.25) is 0 Å². The van der Waals surface area contributed by atoms with Crippen molar-refractivity contribution in [3.05, 3.63) is 35.4 Å². The molecule has 2 aromatic heterocycles. The van der Waals surface area contributed by atoms with Crippen LogP contribution < -0.4 is 5.32 Å². The zero-order valence-corrected chi connectivity index (χ0v) is 17.5. The van der Waals surface area contributed by atoms with Crippen molar-refractivity contribution >= 4 is 5.91 Å². The SMILES string of the molecule is CC.CC.CCc1cnn(CC(C)NC(=O)c2cc(C(C)OC)[nH]n2)c1. The topological polar surface area (TPSA) is 84.8 Å². The van der Waals surface area contributed by atoms with Crippen LogP contribution in [0.25, 0.3) is 0 Å². The largest absolute Gasteiger partial charge is 0.375 e. The van der Waals surface area contributed by atoms with E-state index in [1.54, 1.807) is 13.2 Å². The normalized spacial score (nSPS) is 12.2. The molecule has 7 nitrogen and oxygen atoms in total. The lowest BCUT2D eigenvalue weighted by molar-refractivity contribution is 0.0931. The Morgan fingerprint density at radius 3 is 2.50 bits per heavy atom. The van der Waals surface area contributed by atoms with Crippen molar-refractivity contribution in [3.8, 4) is 0 Å². The molecule has 2 atom stereocenters. The highest BCUT2D eigenvalue weighted by Gasteiger charge is 2.16. The van der Waals surface area contributed by atoms with Crippen LogP contribution in [0.1, 0.15) is 76.3 Å². The number of hydrogen-bond donors (Lipinski definition) is 2. The van der Waals surface area contributed by atoms with Gasteiger partial charge in [-0.3, -0.25) is 14.6 Å². The number of aryl methyl sites for hydroxylation is 1. The molecule has 0 bridgehead atoms. The summed E-state index contributed by atoms with van der Waals surface area (Å²) in [5.41, 5.74) is 2.32. The Morgan fingerprint density at radius 1 is 1.31 bits per heavy atom. The first-order chi connectivity index (χ1) is 12.5. The first kappa shape index (κ1) is 23.9. The van der Waals surface area contributed by atoms with E-state index in [0.717, 1.165) is 12.1 Å². The monoisotopic (exact) mass is 365 g/mol. The van der Waals surface area contributed by atoms with Crippen LogP contribution in [0.3, 0.4) is 0 Å². The van der Waals surface area contributed by atoms with Crippen LogP contribution in [0, 0.1) is 0 Å². The van der Waals surface area contributed by atoms with E-state index in [1.165, 1.54) is 5.56 Å². The van der Waals surface area contributed by atoms with Crippen molar-refractivity contribution in [1.29, 1.82) is 0 Å². The van der Waals surface area contributed by atoms with Gasteiger partial charge >= 0.3 is 0 Å². The molecule has 0 saturated carbocycles. The molecule has 0 spiro atoms. The lowest BCUT2D eigenvalue weighted by Gasteiger charge is -2.12. The number of hydrogen-bond acceptors (Lipinski definition) is 4. The van der Waals surface area contributed by atoms with E-state index in [1.807, 2.05) is 58.6 Å².